The van der Waals surface area contributed by atoms with Gasteiger partial charge in [0, 0.05) is 21.7 Å². The summed E-state index contributed by atoms with van der Waals surface area (Å²) in [5, 5.41) is 17.0. The number of aromatic nitrogens is 2. The van der Waals surface area contributed by atoms with Crippen molar-refractivity contribution in [2.45, 2.75) is 17.1 Å². The van der Waals surface area contributed by atoms with Gasteiger partial charge in [-0.25, -0.2) is 0 Å². The van der Waals surface area contributed by atoms with E-state index in [-0.39, 0.29) is 11.6 Å². The van der Waals surface area contributed by atoms with E-state index >= 15 is 0 Å². The molecule has 47 heavy (non-hydrogen) atoms. The van der Waals surface area contributed by atoms with Crippen molar-refractivity contribution < 1.29 is 23.9 Å². The maximum atomic E-state index is 13.8. The highest BCUT2D eigenvalue weighted by Crippen LogP contribution is 2.37. The Labute approximate surface area is 280 Å². The van der Waals surface area contributed by atoms with Gasteiger partial charge in [0.25, 0.3) is 11.8 Å². The lowest BCUT2D eigenvalue weighted by molar-refractivity contribution is -0.116. The second-order valence-corrected chi connectivity index (χ2v) is 12.3. The van der Waals surface area contributed by atoms with Gasteiger partial charge >= 0.3 is 0 Å². The Morgan fingerprint density at radius 2 is 1.55 bits per heavy atom. The zero-order valence-corrected chi connectivity index (χ0v) is 27.4. The van der Waals surface area contributed by atoms with Gasteiger partial charge in [-0.05, 0) is 55.0 Å². The van der Waals surface area contributed by atoms with Crippen LogP contribution in [0.25, 0.3) is 6.08 Å². The minimum Gasteiger partial charge on any atom is -0.493 e. The summed E-state index contributed by atoms with van der Waals surface area (Å²) >= 11 is 2.62. The Kier molecular flexibility index (Phi) is 11.0. The standard InChI is InChI=1S/C35H31N5O5S2/c1-22-39-40-35(46-22)38-34(43)31(23-12-6-4-7-13-23)47-27-18-11-17-26(21-27)36-33(42)28(37-32(41)24-14-8-5-9-15-24)20-25-16-10-19-29(44-2)30(25)45-3/h4-21,31H,1-3H3,(H,36,42)(H,37,41)(H,38,40,43)/b28-20+. The second-order valence-electron chi connectivity index (χ2n) is 9.97. The molecule has 238 valence electrons. The van der Waals surface area contributed by atoms with Crippen molar-refractivity contribution in [3.63, 3.8) is 0 Å². The number of hydrogen-bond donors (Lipinski definition) is 3. The molecule has 5 rings (SSSR count). The van der Waals surface area contributed by atoms with Gasteiger partial charge in [0.1, 0.15) is 16.0 Å². The number of anilines is 2. The molecule has 0 radical (unpaired) electrons. The maximum absolute atomic E-state index is 13.8. The number of nitrogens with one attached hydrogen (secondary N) is 3. The molecule has 0 spiro atoms. The van der Waals surface area contributed by atoms with Gasteiger partial charge in [-0.15, -0.1) is 22.0 Å². The smallest absolute Gasteiger partial charge is 0.272 e. The number of methoxy groups -OCH3 is 2. The molecule has 0 saturated heterocycles. The minimum atomic E-state index is -0.618. The molecule has 0 aliphatic heterocycles. The molecule has 0 bridgehead atoms. The van der Waals surface area contributed by atoms with E-state index in [4.69, 9.17) is 9.47 Å². The summed E-state index contributed by atoms with van der Waals surface area (Å²) in [7, 11) is 3.02. The fourth-order valence-electron chi connectivity index (χ4n) is 4.52. The topological polar surface area (TPSA) is 132 Å². The minimum absolute atomic E-state index is 0.0163. The van der Waals surface area contributed by atoms with Crippen LogP contribution in [0.5, 0.6) is 11.5 Å². The Morgan fingerprint density at radius 3 is 2.23 bits per heavy atom. The van der Waals surface area contributed by atoms with E-state index in [2.05, 4.69) is 26.1 Å². The number of carbonyl (C=O) groups is 3. The fraction of sp³-hybridized carbons (Fsp3) is 0.114. The molecule has 0 fully saturated rings. The monoisotopic (exact) mass is 665 g/mol. The van der Waals surface area contributed by atoms with Crippen LogP contribution in [0.4, 0.5) is 10.8 Å². The highest BCUT2D eigenvalue weighted by Gasteiger charge is 2.24. The number of ether oxygens (including phenoxy) is 2. The number of para-hydroxylation sites is 1. The molecular weight excluding hydrogens is 635 g/mol. The number of thioether (sulfide) groups is 1. The van der Waals surface area contributed by atoms with E-state index in [1.54, 1.807) is 66.7 Å². The number of rotatable bonds is 12. The molecule has 0 aliphatic rings. The molecule has 12 heteroatoms. The van der Waals surface area contributed by atoms with Crippen molar-refractivity contribution in [1.29, 1.82) is 0 Å². The molecule has 4 aromatic carbocycles. The molecular formula is C35H31N5O5S2. The Balaban J connectivity index is 1.41. The molecule has 10 nitrogen and oxygen atoms in total. The lowest BCUT2D eigenvalue weighted by Gasteiger charge is -2.17. The molecule has 3 amide bonds. The summed E-state index contributed by atoms with van der Waals surface area (Å²) in [4.78, 5) is 41.1. The second kappa shape index (κ2) is 15.7. The fourth-order valence-corrected chi connectivity index (χ4v) is 6.20. The molecule has 1 atom stereocenters. The van der Waals surface area contributed by atoms with Gasteiger partial charge in [0.2, 0.25) is 11.0 Å². The van der Waals surface area contributed by atoms with Gasteiger partial charge in [-0.2, -0.15) is 0 Å². The zero-order chi connectivity index (χ0) is 33.2. The van der Waals surface area contributed by atoms with E-state index in [1.165, 1.54) is 43.4 Å². The third-order valence-electron chi connectivity index (χ3n) is 6.70. The average molecular weight is 666 g/mol. The molecule has 0 saturated carbocycles. The third kappa shape index (κ3) is 8.63. The van der Waals surface area contributed by atoms with E-state index in [1.807, 2.05) is 43.3 Å². The number of amides is 3. The van der Waals surface area contributed by atoms with E-state index in [9.17, 15) is 14.4 Å². The highest BCUT2D eigenvalue weighted by molar-refractivity contribution is 8.00. The lowest BCUT2D eigenvalue weighted by atomic mass is 10.1. The summed E-state index contributed by atoms with van der Waals surface area (Å²) in [5.74, 6) is -0.404. The number of aryl methyl sites for hydroxylation is 1. The highest BCUT2D eigenvalue weighted by atomic mass is 32.2. The van der Waals surface area contributed by atoms with Gasteiger partial charge in [-0.3, -0.25) is 19.7 Å². The van der Waals surface area contributed by atoms with Crippen LogP contribution in [-0.4, -0.2) is 42.1 Å². The van der Waals surface area contributed by atoms with Gasteiger partial charge < -0.3 is 20.1 Å². The quantitative estimate of drug-likeness (QED) is 0.0986. The van der Waals surface area contributed by atoms with Crippen molar-refractivity contribution in [3.05, 3.63) is 131 Å². The Bertz CT molecular complexity index is 1900. The van der Waals surface area contributed by atoms with Crippen LogP contribution in [0.3, 0.4) is 0 Å². The Morgan fingerprint density at radius 1 is 0.830 bits per heavy atom. The van der Waals surface area contributed by atoms with E-state index < -0.39 is 17.1 Å². The van der Waals surface area contributed by atoms with E-state index in [0.717, 1.165) is 15.5 Å². The van der Waals surface area contributed by atoms with Crippen LogP contribution >= 0.6 is 23.1 Å². The van der Waals surface area contributed by atoms with Crippen molar-refractivity contribution in [1.82, 2.24) is 15.5 Å². The van der Waals surface area contributed by atoms with Crippen LogP contribution in [-0.2, 0) is 9.59 Å². The van der Waals surface area contributed by atoms with Crippen LogP contribution in [0.1, 0.15) is 31.7 Å². The predicted octanol–water partition coefficient (Wildman–Crippen LogP) is 6.75. The first-order chi connectivity index (χ1) is 22.8. The number of hydrogen-bond acceptors (Lipinski definition) is 9. The zero-order valence-electron chi connectivity index (χ0n) is 25.7. The molecule has 1 aromatic heterocycles. The van der Waals surface area contributed by atoms with Crippen LogP contribution in [0, 0.1) is 6.92 Å². The molecule has 0 aliphatic carbocycles. The number of benzene rings is 4. The van der Waals surface area contributed by atoms with Crippen LogP contribution in [0.2, 0.25) is 0 Å². The first-order valence-corrected chi connectivity index (χ1v) is 16.1. The first-order valence-electron chi connectivity index (χ1n) is 14.4. The molecule has 1 unspecified atom stereocenters. The molecule has 1 heterocycles. The summed E-state index contributed by atoms with van der Waals surface area (Å²) in [6.45, 7) is 1.82. The van der Waals surface area contributed by atoms with Crippen molar-refractivity contribution in [2.24, 2.45) is 0 Å². The summed E-state index contributed by atoms with van der Waals surface area (Å²) in [6, 6.07) is 30.4. The SMILES string of the molecule is COc1cccc(/C=C(/NC(=O)c2ccccc2)C(=O)Nc2cccc(SC(C(=O)Nc3nnc(C)s3)c3ccccc3)c2)c1OC. The largest absolute Gasteiger partial charge is 0.493 e. The van der Waals surface area contributed by atoms with Crippen LogP contribution < -0.4 is 25.4 Å². The van der Waals surface area contributed by atoms with Gasteiger partial charge in [0.15, 0.2) is 11.5 Å². The Hall–Kier alpha value is -5.46. The lowest BCUT2D eigenvalue weighted by Crippen LogP contribution is -2.30. The van der Waals surface area contributed by atoms with Gasteiger partial charge in [-0.1, -0.05) is 78.1 Å². The van der Waals surface area contributed by atoms with Gasteiger partial charge in [0.05, 0.1) is 14.2 Å². The predicted molar refractivity (Wildman–Crippen MR) is 185 cm³/mol. The van der Waals surface area contributed by atoms with Crippen molar-refractivity contribution in [3.8, 4) is 11.5 Å². The first kappa shape index (κ1) is 32.9. The summed E-state index contributed by atoms with van der Waals surface area (Å²) in [6.07, 6.45) is 1.53. The molecule has 3 N–H and O–H groups in total. The number of carbonyl (C=O) groups excluding carboxylic acids is 3. The van der Waals surface area contributed by atoms with Crippen LogP contribution in [0.15, 0.2) is 114 Å². The van der Waals surface area contributed by atoms with Crippen molar-refractivity contribution in [2.75, 3.05) is 24.9 Å². The maximum Gasteiger partial charge on any atom is 0.272 e. The summed E-state index contributed by atoms with van der Waals surface area (Å²) < 4.78 is 11.0. The average Bonchev–Trinajstić information content (AvgIpc) is 3.51. The summed E-state index contributed by atoms with van der Waals surface area (Å²) in [5.41, 5.74) is 2.15. The van der Waals surface area contributed by atoms with E-state index in [0.29, 0.717) is 33.4 Å². The molecule has 5 aromatic rings. The third-order valence-corrected chi connectivity index (χ3v) is 8.71. The number of nitrogens with zero attached hydrogens (tertiary/aromatic N) is 2. The van der Waals surface area contributed by atoms with Crippen molar-refractivity contribution >= 4 is 57.7 Å². The normalized spacial score (nSPS) is 11.7.